The molecular weight excluding hydrogens is 376 g/mol. The SMILES string of the molecule is CCC1CCCCN1C(=S)Nc1sc(Cc2ccccc2)cc1C(=O)OC. The zero-order valence-electron chi connectivity index (χ0n) is 15.9. The molecule has 1 atom stereocenters. The predicted octanol–water partition coefficient (Wildman–Crippen LogP) is 5.09. The summed E-state index contributed by atoms with van der Waals surface area (Å²) in [5.74, 6) is -0.332. The van der Waals surface area contributed by atoms with Gasteiger partial charge >= 0.3 is 5.97 Å². The molecular formula is C21H26N2O2S2. The van der Waals surface area contributed by atoms with Gasteiger partial charge in [-0.05, 0) is 49.5 Å². The Labute approximate surface area is 170 Å². The van der Waals surface area contributed by atoms with E-state index < -0.39 is 0 Å². The molecule has 27 heavy (non-hydrogen) atoms. The molecule has 6 heteroatoms. The molecule has 1 aliphatic heterocycles. The first-order chi connectivity index (χ1) is 13.1. The molecule has 1 aromatic heterocycles. The second-order valence-electron chi connectivity index (χ2n) is 6.79. The smallest absolute Gasteiger partial charge is 0.340 e. The molecule has 1 aliphatic rings. The van der Waals surface area contributed by atoms with Crippen molar-refractivity contribution in [3.8, 4) is 0 Å². The number of ether oxygens (including phenoxy) is 1. The van der Waals surface area contributed by atoms with Gasteiger partial charge < -0.3 is 15.0 Å². The highest BCUT2D eigenvalue weighted by molar-refractivity contribution is 7.80. The summed E-state index contributed by atoms with van der Waals surface area (Å²) in [5, 5.41) is 4.83. The average Bonchev–Trinajstić information content (AvgIpc) is 3.10. The number of likely N-dealkylation sites (tertiary alicyclic amines) is 1. The van der Waals surface area contributed by atoms with E-state index in [4.69, 9.17) is 17.0 Å². The number of esters is 1. The van der Waals surface area contributed by atoms with E-state index in [1.165, 1.54) is 25.5 Å². The summed E-state index contributed by atoms with van der Waals surface area (Å²) in [6.07, 6.45) is 5.45. The van der Waals surface area contributed by atoms with Crippen LogP contribution in [0.2, 0.25) is 0 Å². The van der Waals surface area contributed by atoms with Crippen LogP contribution < -0.4 is 5.32 Å². The van der Waals surface area contributed by atoms with Gasteiger partial charge in [0.1, 0.15) is 5.00 Å². The lowest BCUT2D eigenvalue weighted by molar-refractivity contribution is 0.0602. The zero-order valence-corrected chi connectivity index (χ0v) is 17.5. The van der Waals surface area contributed by atoms with Crippen LogP contribution in [0.15, 0.2) is 36.4 Å². The number of piperidine rings is 1. The van der Waals surface area contributed by atoms with E-state index in [1.54, 1.807) is 11.3 Å². The maximum atomic E-state index is 12.3. The lowest BCUT2D eigenvalue weighted by atomic mass is 10.0. The number of thiophene rings is 1. The van der Waals surface area contributed by atoms with Gasteiger partial charge in [0.25, 0.3) is 0 Å². The van der Waals surface area contributed by atoms with Crippen LogP contribution in [0.5, 0.6) is 0 Å². The number of hydrogen-bond acceptors (Lipinski definition) is 4. The van der Waals surface area contributed by atoms with Crippen molar-refractivity contribution in [1.29, 1.82) is 0 Å². The van der Waals surface area contributed by atoms with E-state index in [1.807, 2.05) is 24.3 Å². The van der Waals surface area contributed by atoms with Gasteiger partial charge in [-0.1, -0.05) is 37.3 Å². The topological polar surface area (TPSA) is 41.6 Å². The monoisotopic (exact) mass is 402 g/mol. The zero-order chi connectivity index (χ0) is 19.2. The van der Waals surface area contributed by atoms with E-state index in [-0.39, 0.29) is 5.97 Å². The van der Waals surface area contributed by atoms with E-state index >= 15 is 0 Å². The van der Waals surface area contributed by atoms with Crippen LogP contribution >= 0.6 is 23.6 Å². The Kier molecular flexibility index (Phi) is 6.85. The number of benzene rings is 1. The fourth-order valence-corrected chi connectivity index (χ4v) is 5.03. The van der Waals surface area contributed by atoms with Gasteiger partial charge in [0, 0.05) is 23.9 Å². The van der Waals surface area contributed by atoms with Crippen molar-refractivity contribution in [2.24, 2.45) is 0 Å². The third-order valence-corrected chi connectivity index (χ3v) is 6.38. The number of rotatable bonds is 5. The van der Waals surface area contributed by atoms with Gasteiger partial charge in [0.15, 0.2) is 5.11 Å². The van der Waals surface area contributed by atoms with Crippen LogP contribution in [0, 0.1) is 0 Å². The lowest BCUT2D eigenvalue weighted by Crippen LogP contribution is -2.45. The fourth-order valence-electron chi connectivity index (χ4n) is 3.54. The molecule has 0 saturated carbocycles. The number of thiocarbonyl (C=S) groups is 1. The Morgan fingerprint density at radius 2 is 2.11 bits per heavy atom. The number of carbonyl (C=O) groups excluding carboxylic acids is 1. The van der Waals surface area contributed by atoms with Gasteiger partial charge in [-0.2, -0.15) is 0 Å². The molecule has 0 radical (unpaired) electrons. The highest BCUT2D eigenvalue weighted by Crippen LogP contribution is 2.31. The van der Waals surface area contributed by atoms with E-state index in [0.717, 1.165) is 35.7 Å². The lowest BCUT2D eigenvalue weighted by Gasteiger charge is -2.37. The third kappa shape index (κ3) is 4.87. The minimum Gasteiger partial charge on any atom is -0.465 e. The normalized spacial score (nSPS) is 16.8. The minimum absolute atomic E-state index is 0.332. The molecule has 1 saturated heterocycles. The third-order valence-electron chi connectivity index (χ3n) is 4.99. The second-order valence-corrected chi connectivity index (χ2v) is 8.31. The Morgan fingerprint density at radius 1 is 1.33 bits per heavy atom. The first-order valence-electron chi connectivity index (χ1n) is 9.45. The maximum absolute atomic E-state index is 12.3. The summed E-state index contributed by atoms with van der Waals surface area (Å²) in [5.41, 5.74) is 1.77. The fraction of sp³-hybridized carbons (Fsp3) is 0.429. The number of carbonyl (C=O) groups is 1. The first-order valence-corrected chi connectivity index (χ1v) is 10.7. The maximum Gasteiger partial charge on any atom is 0.340 e. The molecule has 3 rings (SSSR count). The van der Waals surface area contributed by atoms with Gasteiger partial charge in [0.2, 0.25) is 0 Å². The summed E-state index contributed by atoms with van der Waals surface area (Å²) >= 11 is 7.26. The Morgan fingerprint density at radius 3 is 2.81 bits per heavy atom. The molecule has 0 spiro atoms. The minimum atomic E-state index is -0.332. The molecule has 0 amide bonds. The standard InChI is InChI=1S/C21H26N2O2S2/c1-3-16-11-7-8-12-23(16)21(26)22-19-18(20(24)25-2)14-17(27-19)13-15-9-5-4-6-10-15/h4-6,9-10,14,16H,3,7-8,11-13H2,1-2H3,(H,22,26). The summed E-state index contributed by atoms with van der Waals surface area (Å²) in [6.45, 7) is 3.18. The summed E-state index contributed by atoms with van der Waals surface area (Å²) in [6, 6.07) is 12.6. The van der Waals surface area contributed by atoms with Gasteiger partial charge in [-0.3, -0.25) is 0 Å². The van der Waals surface area contributed by atoms with Crippen molar-refractivity contribution in [2.75, 3.05) is 19.0 Å². The van der Waals surface area contributed by atoms with Crippen LogP contribution in [0.25, 0.3) is 0 Å². The van der Waals surface area contributed by atoms with Crippen LogP contribution in [-0.4, -0.2) is 35.7 Å². The molecule has 1 unspecified atom stereocenters. The Bertz CT molecular complexity index is 789. The van der Waals surface area contributed by atoms with Crippen LogP contribution in [0.3, 0.4) is 0 Å². The molecule has 2 aromatic rings. The quantitative estimate of drug-likeness (QED) is 0.557. The van der Waals surface area contributed by atoms with Crippen molar-refractivity contribution >= 4 is 39.6 Å². The average molecular weight is 403 g/mol. The molecule has 144 valence electrons. The Balaban J connectivity index is 1.80. The first kappa shape index (κ1) is 19.8. The summed E-state index contributed by atoms with van der Waals surface area (Å²) < 4.78 is 4.98. The number of nitrogens with one attached hydrogen (secondary N) is 1. The van der Waals surface area contributed by atoms with E-state index in [0.29, 0.717) is 16.7 Å². The molecule has 4 nitrogen and oxygen atoms in total. The van der Waals surface area contributed by atoms with E-state index in [9.17, 15) is 4.79 Å². The molecule has 2 heterocycles. The second kappa shape index (κ2) is 9.33. The number of methoxy groups -OCH3 is 1. The molecule has 0 bridgehead atoms. The van der Waals surface area contributed by atoms with Crippen LogP contribution in [0.1, 0.15) is 53.4 Å². The molecule has 0 aliphatic carbocycles. The van der Waals surface area contributed by atoms with Gasteiger partial charge in [0.05, 0.1) is 12.7 Å². The predicted molar refractivity (Wildman–Crippen MR) is 116 cm³/mol. The van der Waals surface area contributed by atoms with Crippen molar-refractivity contribution in [3.05, 3.63) is 52.4 Å². The molecule has 1 fully saturated rings. The number of anilines is 1. The summed E-state index contributed by atoms with van der Waals surface area (Å²) in [7, 11) is 1.41. The van der Waals surface area contributed by atoms with Crippen molar-refractivity contribution < 1.29 is 9.53 Å². The highest BCUT2D eigenvalue weighted by atomic mass is 32.1. The highest BCUT2D eigenvalue weighted by Gasteiger charge is 2.25. The van der Waals surface area contributed by atoms with Gasteiger partial charge in [-0.25, -0.2) is 4.79 Å². The van der Waals surface area contributed by atoms with Crippen LogP contribution in [-0.2, 0) is 11.2 Å². The molecule has 1 aromatic carbocycles. The van der Waals surface area contributed by atoms with Crippen molar-refractivity contribution in [1.82, 2.24) is 4.90 Å². The number of hydrogen-bond donors (Lipinski definition) is 1. The Hall–Kier alpha value is -1.92. The van der Waals surface area contributed by atoms with Crippen LogP contribution in [0.4, 0.5) is 5.00 Å². The number of nitrogens with zero attached hydrogens (tertiary/aromatic N) is 1. The van der Waals surface area contributed by atoms with Crippen molar-refractivity contribution in [2.45, 2.75) is 45.1 Å². The summed E-state index contributed by atoms with van der Waals surface area (Å²) in [4.78, 5) is 15.6. The van der Waals surface area contributed by atoms with Gasteiger partial charge in [-0.15, -0.1) is 11.3 Å². The van der Waals surface area contributed by atoms with E-state index in [2.05, 4.69) is 29.3 Å². The molecule has 1 N–H and O–H groups in total. The van der Waals surface area contributed by atoms with Crippen molar-refractivity contribution in [3.63, 3.8) is 0 Å². The largest absolute Gasteiger partial charge is 0.465 e.